The number of amides is 1. The van der Waals surface area contributed by atoms with Crippen LogP contribution in [0, 0.1) is 6.92 Å². The predicted molar refractivity (Wildman–Crippen MR) is 131 cm³/mol. The van der Waals surface area contributed by atoms with E-state index >= 15 is 0 Å². The van der Waals surface area contributed by atoms with Gasteiger partial charge in [-0.25, -0.2) is 8.42 Å². The largest absolute Gasteiger partial charge is 0.325 e. The smallest absolute Gasteiger partial charge is 0.234 e. The Bertz CT molecular complexity index is 1190. The van der Waals surface area contributed by atoms with Gasteiger partial charge in [0.05, 0.1) is 24.2 Å². The van der Waals surface area contributed by atoms with Crippen LogP contribution in [0.3, 0.4) is 0 Å². The van der Waals surface area contributed by atoms with Crippen LogP contribution in [0.15, 0.2) is 58.6 Å². The lowest BCUT2D eigenvalue weighted by atomic mass is 10.2. The van der Waals surface area contributed by atoms with Crippen molar-refractivity contribution < 1.29 is 13.2 Å². The lowest BCUT2D eigenvalue weighted by molar-refractivity contribution is -0.113. The minimum Gasteiger partial charge on any atom is -0.325 e. The topological polar surface area (TPSA) is 97.2 Å². The Morgan fingerprint density at radius 2 is 1.88 bits per heavy atom. The van der Waals surface area contributed by atoms with Gasteiger partial charge in [-0.1, -0.05) is 35.5 Å². The Hall–Kier alpha value is -2.50. The van der Waals surface area contributed by atoms with Crippen molar-refractivity contribution in [2.75, 3.05) is 27.9 Å². The highest BCUT2D eigenvalue weighted by Crippen LogP contribution is 2.23. The number of nitrogens with one attached hydrogen (secondary N) is 1. The SMILES string of the molecule is CSc1cccc(NC(=O)CSc2nnc(CN(c3ccc(C)cc3)S(C)(=O)=O)n2C)c1. The van der Waals surface area contributed by atoms with E-state index in [1.807, 2.05) is 49.6 Å². The molecule has 1 aromatic heterocycles. The van der Waals surface area contributed by atoms with Gasteiger partial charge in [-0.05, 0) is 43.5 Å². The normalized spacial score (nSPS) is 11.4. The van der Waals surface area contributed by atoms with Gasteiger partial charge >= 0.3 is 0 Å². The maximum Gasteiger partial charge on any atom is 0.234 e. The molecule has 0 aliphatic heterocycles. The molecule has 2 aromatic carbocycles. The first-order chi connectivity index (χ1) is 15.2. The van der Waals surface area contributed by atoms with Crippen LogP contribution in [0.4, 0.5) is 11.4 Å². The number of sulfonamides is 1. The number of rotatable bonds is 9. The van der Waals surface area contributed by atoms with Crippen LogP contribution < -0.4 is 9.62 Å². The zero-order valence-corrected chi connectivity index (χ0v) is 20.7. The van der Waals surface area contributed by atoms with Crippen molar-refractivity contribution in [2.24, 2.45) is 7.05 Å². The van der Waals surface area contributed by atoms with Crippen LogP contribution in [0.1, 0.15) is 11.4 Å². The first-order valence-corrected chi connectivity index (χ1v) is 13.7. The highest BCUT2D eigenvalue weighted by atomic mass is 32.2. The average molecular weight is 492 g/mol. The Balaban J connectivity index is 1.67. The van der Waals surface area contributed by atoms with Crippen LogP contribution >= 0.6 is 23.5 Å². The average Bonchev–Trinajstić information content (AvgIpc) is 3.10. The molecule has 3 rings (SSSR count). The predicted octanol–water partition coefficient (Wildman–Crippen LogP) is 3.54. The summed E-state index contributed by atoms with van der Waals surface area (Å²) in [6, 6.07) is 14.9. The van der Waals surface area contributed by atoms with Gasteiger partial charge in [0.1, 0.15) is 0 Å². The van der Waals surface area contributed by atoms with Gasteiger partial charge in [-0.2, -0.15) is 0 Å². The summed E-state index contributed by atoms with van der Waals surface area (Å²) in [7, 11) is -1.77. The van der Waals surface area contributed by atoms with E-state index in [0.717, 1.165) is 22.4 Å². The first kappa shape index (κ1) is 24.1. The third-order valence-corrected chi connectivity index (χ3v) is 7.50. The van der Waals surface area contributed by atoms with Gasteiger partial charge in [-0.3, -0.25) is 9.10 Å². The molecule has 0 saturated heterocycles. The number of benzene rings is 2. The molecule has 0 atom stereocenters. The summed E-state index contributed by atoms with van der Waals surface area (Å²) >= 11 is 2.85. The van der Waals surface area contributed by atoms with Crippen LogP contribution in [-0.4, -0.2) is 47.4 Å². The highest BCUT2D eigenvalue weighted by Gasteiger charge is 2.21. The molecule has 32 heavy (non-hydrogen) atoms. The summed E-state index contributed by atoms with van der Waals surface area (Å²) in [5, 5.41) is 11.7. The second-order valence-electron chi connectivity index (χ2n) is 7.13. The third-order valence-electron chi connectivity index (χ3n) is 4.62. The quantitative estimate of drug-likeness (QED) is 0.457. The number of hydrogen-bond acceptors (Lipinski definition) is 7. The van der Waals surface area contributed by atoms with Gasteiger partial charge in [0.15, 0.2) is 11.0 Å². The summed E-state index contributed by atoms with van der Waals surface area (Å²) in [5.74, 6) is 0.477. The fraction of sp³-hybridized carbons (Fsp3) is 0.286. The number of carbonyl (C=O) groups is 1. The number of carbonyl (C=O) groups excluding carboxylic acids is 1. The number of aryl methyl sites for hydroxylation is 1. The number of hydrogen-bond donors (Lipinski definition) is 1. The summed E-state index contributed by atoms with van der Waals surface area (Å²) in [6.45, 7) is 1.98. The van der Waals surface area contributed by atoms with Gasteiger partial charge < -0.3 is 9.88 Å². The Labute approximate surface area is 196 Å². The number of nitrogens with zero attached hydrogens (tertiary/aromatic N) is 4. The fourth-order valence-electron chi connectivity index (χ4n) is 2.88. The van der Waals surface area contributed by atoms with E-state index in [4.69, 9.17) is 0 Å². The second kappa shape index (κ2) is 10.4. The van der Waals surface area contributed by atoms with Crippen molar-refractivity contribution in [2.45, 2.75) is 23.5 Å². The zero-order valence-electron chi connectivity index (χ0n) is 18.3. The van der Waals surface area contributed by atoms with Crippen LogP contribution in [0.5, 0.6) is 0 Å². The van der Waals surface area contributed by atoms with Crippen molar-refractivity contribution in [1.29, 1.82) is 0 Å². The zero-order chi connectivity index (χ0) is 23.3. The van der Waals surface area contributed by atoms with Gasteiger partial charge in [0.25, 0.3) is 0 Å². The molecule has 0 aliphatic rings. The maximum atomic E-state index is 12.4. The van der Waals surface area contributed by atoms with E-state index in [9.17, 15) is 13.2 Å². The van der Waals surface area contributed by atoms with Crippen LogP contribution in [-0.2, 0) is 28.4 Å². The molecule has 1 heterocycles. The van der Waals surface area contributed by atoms with Crippen LogP contribution in [0.25, 0.3) is 0 Å². The molecular formula is C21H25N5O3S3. The monoisotopic (exact) mass is 491 g/mol. The number of thioether (sulfide) groups is 2. The number of anilines is 2. The molecule has 0 bridgehead atoms. The van der Waals surface area contributed by atoms with E-state index in [-0.39, 0.29) is 18.2 Å². The maximum absolute atomic E-state index is 12.4. The molecule has 1 amide bonds. The van der Waals surface area contributed by atoms with Crippen molar-refractivity contribution in [1.82, 2.24) is 14.8 Å². The minimum atomic E-state index is -3.52. The summed E-state index contributed by atoms with van der Waals surface area (Å²) in [5.41, 5.74) is 2.34. The molecule has 0 saturated carbocycles. The van der Waals surface area contributed by atoms with Crippen molar-refractivity contribution >= 4 is 50.8 Å². The molecule has 3 aromatic rings. The van der Waals surface area contributed by atoms with E-state index < -0.39 is 10.0 Å². The standard InChI is InChI=1S/C21H25N5O3S3/c1-15-8-10-17(11-9-15)26(32(4,28)29)13-19-23-24-21(25(19)2)31-14-20(27)22-16-6-5-7-18(12-16)30-3/h5-12H,13-14H2,1-4H3,(H,22,27). The fourth-order valence-corrected chi connectivity index (χ4v) is 4.92. The van der Waals surface area contributed by atoms with Crippen molar-refractivity contribution in [3.63, 3.8) is 0 Å². The summed E-state index contributed by atoms with van der Waals surface area (Å²) in [6.07, 6.45) is 3.14. The Kier molecular flexibility index (Phi) is 7.86. The molecule has 0 aliphatic carbocycles. The van der Waals surface area contributed by atoms with Crippen LogP contribution in [0.2, 0.25) is 0 Å². The van der Waals surface area contributed by atoms with Crippen molar-refractivity contribution in [3.8, 4) is 0 Å². The van der Waals surface area contributed by atoms with E-state index in [1.165, 1.54) is 16.1 Å². The molecule has 11 heteroatoms. The Morgan fingerprint density at radius 1 is 1.16 bits per heavy atom. The van der Waals surface area contributed by atoms with Gasteiger partial charge in [0, 0.05) is 17.6 Å². The molecule has 1 N–H and O–H groups in total. The molecule has 0 fully saturated rings. The van der Waals surface area contributed by atoms with E-state index in [2.05, 4.69) is 15.5 Å². The molecular weight excluding hydrogens is 466 g/mol. The lowest BCUT2D eigenvalue weighted by Crippen LogP contribution is -2.30. The minimum absolute atomic E-state index is 0.0413. The molecule has 0 radical (unpaired) electrons. The molecule has 0 unspecified atom stereocenters. The molecule has 0 spiro atoms. The third kappa shape index (κ3) is 6.27. The molecule has 8 nitrogen and oxygen atoms in total. The first-order valence-electron chi connectivity index (χ1n) is 9.66. The second-order valence-corrected chi connectivity index (χ2v) is 10.9. The van der Waals surface area contributed by atoms with Gasteiger partial charge in [0.2, 0.25) is 15.9 Å². The summed E-state index contributed by atoms with van der Waals surface area (Å²) in [4.78, 5) is 13.4. The lowest BCUT2D eigenvalue weighted by Gasteiger charge is -2.22. The van der Waals surface area contributed by atoms with E-state index in [0.29, 0.717) is 16.7 Å². The molecule has 170 valence electrons. The van der Waals surface area contributed by atoms with Crippen molar-refractivity contribution in [3.05, 3.63) is 59.9 Å². The van der Waals surface area contributed by atoms with Gasteiger partial charge in [-0.15, -0.1) is 22.0 Å². The highest BCUT2D eigenvalue weighted by molar-refractivity contribution is 7.99. The summed E-state index contributed by atoms with van der Waals surface area (Å²) < 4.78 is 27.8. The number of aromatic nitrogens is 3. The Morgan fingerprint density at radius 3 is 2.53 bits per heavy atom. The van der Waals surface area contributed by atoms with E-state index in [1.54, 1.807) is 35.5 Å².